The number of aliphatic hydroxyl groups is 5. The fourth-order valence-electron chi connectivity index (χ4n) is 15.7. The first-order chi connectivity index (χ1) is 56.7. The van der Waals surface area contributed by atoms with E-state index in [4.69, 9.17) is 78.9 Å². The molecule has 1 aromatic carbocycles. The Labute approximate surface area is 691 Å². The van der Waals surface area contributed by atoms with Gasteiger partial charge in [-0.25, -0.2) is 19.4 Å². The van der Waals surface area contributed by atoms with Crippen LogP contribution in [0.3, 0.4) is 0 Å². The SMILES string of the molecule is C=C/C=C/C=C(\C)[C@H](C[C@@H]1CC[C@@H](C)[C@](O)(C(=O)C(=O)N2CCCC[C@H]2C(=O)O[C@@H](C[C@@H](O)[C@H](C)/C=C(\C)[C@@H](O)[C@@H](O)/C(=N/OCC(=O)NCCOCCOCCOCCOCCOCCOCCC(=O)N2CCC(n3nc(-c4ccc5oc(N)nc5c4)c4c(N)ncnc43)CC2)[C@H](C)CC(C)C)[C@H](N)C[C@@H]2CC[C@@H](O)[C@H](OC)C2)O1)OC. The van der Waals surface area contributed by atoms with Gasteiger partial charge in [-0.05, 0) is 132 Å². The molecule has 0 spiro atoms. The van der Waals surface area contributed by atoms with Gasteiger partial charge in [-0.3, -0.25) is 19.2 Å². The lowest BCUT2D eigenvalue weighted by Gasteiger charge is -2.42. The summed E-state index contributed by atoms with van der Waals surface area (Å²) >= 11 is 0. The number of piperidine rings is 2. The monoisotopic (exact) mass is 1660 g/mol. The minimum atomic E-state index is -2.49. The number of hydrogen-bond donors (Lipinski definition) is 9. The number of allylic oxidation sites excluding steroid dienone is 4. The van der Waals surface area contributed by atoms with Crippen LogP contribution in [0, 0.1) is 29.6 Å². The quantitative estimate of drug-likeness (QED) is 0.00463. The number of aromatic nitrogens is 5. The number of oxazole rings is 1. The predicted octanol–water partition coefficient (Wildman–Crippen LogP) is 6.03. The molecule has 34 nitrogen and oxygen atoms in total. The van der Waals surface area contributed by atoms with Crippen molar-refractivity contribution in [3.05, 3.63) is 72.6 Å². The van der Waals surface area contributed by atoms with Crippen LogP contribution in [-0.2, 0) is 76.2 Å². The number of fused-ring (bicyclic) bond motifs is 2. The van der Waals surface area contributed by atoms with Crippen LogP contribution in [0.1, 0.15) is 151 Å². The lowest BCUT2D eigenvalue weighted by molar-refractivity contribution is -0.265. The zero-order valence-electron chi connectivity index (χ0n) is 70.3. The maximum absolute atomic E-state index is 14.6. The molecule has 3 aromatic heterocycles. The Morgan fingerprint density at radius 1 is 0.797 bits per heavy atom. The van der Waals surface area contributed by atoms with Crippen LogP contribution in [-0.4, -0.2) is 288 Å². The number of esters is 1. The largest absolute Gasteiger partial charge is 0.459 e. The molecule has 118 heavy (non-hydrogen) atoms. The molecule has 0 radical (unpaired) electrons. The fourth-order valence-corrected chi connectivity index (χ4v) is 15.7. The molecule has 0 bridgehead atoms. The van der Waals surface area contributed by atoms with Gasteiger partial charge in [-0.15, -0.1) is 0 Å². The molecule has 3 aliphatic heterocycles. The third kappa shape index (κ3) is 28.2. The van der Waals surface area contributed by atoms with Gasteiger partial charge in [0.2, 0.25) is 11.7 Å². The summed E-state index contributed by atoms with van der Waals surface area (Å²) < 4.78 is 64.8. The van der Waals surface area contributed by atoms with Crippen LogP contribution in [0.4, 0.5) is 11.8 Å². The molecule has 1 saturated carbocycles. The third-order valence-corrected chi connectivity index (χ3v) is 22.5. The van der Waals surface area contributed by atoms with Crippen LogP contribution >= 0.6 is 0 Å². The Morgan fingerprint density at radius 3 is 2.12 bits per heavy atom. The van der Waals surface area contributed by atoms with Crippen molar-refractivity contribution in [1.82, 2.24) is 39.8 Å². The van der Waals surface area contributed by atoms with Crippen molar-refractivity contribution in [3.8, 4) is 11.3 Å². The molecular formula is C84H130N12O22. The summed E-state index contributed by atoms with van der Waals surface area (Å²) in [7, 11) is 3.09. The number of oxime groups is 1. The molecule has 3 amide bonds. The minimum Gasteiger partial charge on any atom is -0.459 e. The standard InChI is InChI=1S/C84H130N12O22/c1-11-12-13-16-53(4)68(107-9)48-61-21-18-57(8)84(106,118-61)78(103)81(104)95-28-15-14-17-64(95)82(105)116-69(62(85)45-58-19-22-65(97)70(46-58)108-10)49-66(98)54(5)44-56(7)76(101)77(102)74(55(6)43-52(2)3)93-115-50-71(99)88-27-32-110-34-36-112-38-40-114-42-41-113-39-37-111-35-33-109-31-26-72(100)94-29-24-60(25-30-94)96-80-73(79(86)89-51-90-80)75(92-96)59-20-23-67-63(47-59)91-83(87)117-67/h11-13,16,20,23,44,47,51-52,54-55,57-58,60-62,64-66,68-70,76-77,97-98,101-102,106H,1,14-15,17-19,21-22,24-43,45-46,48-50,85H2,2-10H3,(H2,87,91)(H,88,99)(H2,86,89,90)/b13-12+,53-16+,56-44+,93-74+/t54-,55-,57-,58+,61+,62-,64+,65-,66-,68+,69+,70-,76-,77+,84-/m1/s1. The number of benzene rings is 1. The number of methoxy groups -OCH3 is 2. The van der Waals surface area contributed by atoms with Gasteiger partial charge in [0.05, 0.1) is 133 Å². The maximum Gasteiger partial charge on any atom is 0.329 e. The average Bonchev–Trinajstić information content (AvgIpc) is 1.46. The number of nitrogens with two attached hydrogens (primary N) is 3. The molecule has 3 saturated heterocycles. The first-order valence-corrected chi connectivity index (χ1v) is 41.7. The molecule has 6 heterocycles. The van der Waals surface area contributed by atoms with Crippen LogP contribution in [0.2, 0.25) is 0 Å². The number of nitrogens with zero attached hydrogens (tertiary/aromatic N) is 8. The second kappa shape index (κ2) is 48.6. The molecule has 4 aromatic rings. The zero-order chi connectivity index (χ0) is 85.4. The maximum atomic E-state index is 14.6. The van der Waals surface area contributed by atoms with E-state index < -0.39 is 115 Å². The minimum absolute atomic E-state index is 0.00455. The molecular weight excluding hydrogens is 1530 g/mol. The van der Waals surface area contributed by atoms with Gasteiger partial charge in [-0.2, -0.15) is 10.1 Å². The van der Waals surface area contributed by atoms with Crippen molar-refractivity contribution in [2.24, 2.45) is 40.5 Å². The average molecular weight is 1660 g/mol. The molecule has 8 rings (SSSR count). The highest BCUT2D eigenvalue weighted by molar-refractivity contribution is 6.39. The summed E-state index contributed by atoms with van der Waals surface area (Å²) in [5.41, 5.74) is 23.6. The molecule has 1 aliphatic carbocycles. The van der Waals surface area contributed by atoms with Gasteiger partial charge in [0, 0.05) is 82.6 Å². The molecule has 4 aliphatic rings. The first-order valence-electron chi connectivity index (χ1n) is 41.7. The molecule has 12 N–H and O–H groups in total. The smallest absolute Gasteiger partial charge is 0.329 e. The number of ether oxygens (including phenoxy) is 10. The number of carbonyl (C=O) groups excluding carboxylic acids is 5. The number of carbonyl (C=O) groups is 5. The van der Waals surface area contributed by atoms with Crippen LogP contribution in [0.15, 0.2) is 82.2 Å². The van der Waals surface area contributed by atoms with Crippen molar-refractivity contribution in [2.45, 2.75) is 218 Å². The van der Waals surface area contributed by atoms with Gasteiger partial charge in [-0.1, -0.05) is 76.7 Å². The summed E-state index contributed by atoms with van der Waals surface area (Å²) in [5, 5.41) is 70.7. The second-order valence-electron chi connectivity index (χ2n) is 31.8. The second-order valence-corrected chi connectivity index (χ2v) is 31.8. The Hall–Kier alpha value is -7.78. The topological polar surface area (TPSA) is 467 Å². The molecule has 0 unspecified atom stereocenters. The van der Waals surface area contributed by atoms with Crippen LogP contribution in [0.25, 0.3) is 33.4 Å². The molecule has 15 atom stereocenters. The summed E-state index contributed by atoms with van der Waals surface area (Å²) in [6.07, 6.45) is 8.68. The van der Waals surface area contributed by atoms with E-state index in [1.165, 1.54) is 13.4 Å². The molecule has 658 valence electrons. The van der Waals surface area contributed by atoms with Gasteiger partial charge in [0.25, 0.3) is 23.6 Å². The number of likely N-dealkylation sites (tertiary alicyclic amines) is 2. The lowest BCUT2D eigenvalue weighted by atomic mass is 9.80. The summed E-state index contributed by atoms with van der Waals surface area (Å²) in [5.74, 6) is -7.54. The number of nitrogen functional groups attached to an aromatic ring is 2. The number of hydrogen-bond acceptors (Lipinski definition) is 30. The number of anilines is 2. The van der Waals surface area contributed by atoms with E-state index >= 15 is 0 Å². The van der Waals surface area contributed by atoms with Crippen molar-refractivity contribution in [1.29, 1.82) is 0 Å². The third-order valence-electron chi connectivity index (χ3n) is 22.5. The zero-order valence-corrected chi connectivity index (χ0v) is 70.3. The Bertz CT molecular complexity index is 3940. The van der Waals surface area contributed by atoms with Gasteiger partial charge < -0.3 is 114 Å². The number of nitrogens with one attached hydrogen (secondary N) is 1. The van der Waals surface area contributed by atoms with E-state index in [9.17, 15) is 49.5 Å². The summed E-state index contributed by atoms with van der Waals surface area (Å²) in [6, 6.07) is 3.49. The van der Waals surface area contributed by atoms with Crippen molar-refractivity contribution in [2.75, 3.05) is 138 Å². The number of ketones is 1. The molecule has 4 fully saturated rings. The van der Waals surface area contributed by atoms with E-state index in [1.807, 2.05) is 61.6 Å². The van der Waals surface area contributed by atoms with E-state index in [0.29, 0.717) is 183 Å². The van der Waals surface area contributed by atoms with Crippen molar-refractivity contribution in [3.63, 3.8) is 0 Å². The van der Waals surface area contributed by atoms with Gasteiger partial charge in [0.1, 0.15) is 47.7 Å². The Balaban J connectivity index is 0.688. The summed E-state index contributed by atoms with van der Waals surface area (Å²) in [4.78, 5) is 90.9. The van der Waals surface area contributed by atoms with Crippen LogP contribution in [0.5, 0.6) is 0 Å². The number of aliphatic hydroxyl groups excluding tert-OH is 4. The van der Waals surface area contributed by atoms with Crippen molar-refractivity contribution < 1.29 is 106 Å². The highest BCUT2D eigenvalue weighted by atomic mass is 16.6. The van der Waals surface area contributed by atoms with E-state index in [2.05, 4.69) is 32.0 Å². The van der Waals surface area contributed by atoms with Gasteiger partial charge in [0.15, 0.2) is 17.8 Å². The summed E-state index contributed by atoms with van der Waals surface area (Å²) in [6.45, 7) is 21.1. The van der Waals surface area contributed by atoms with E-state index in [0.717, 1.165) is 16.0 Å². The van der Waals surface area contributed by atoms with Gasteiger partial charge >= 0.3 is 5.97 Å². The van der Waals surface area contributed by atoms with E-state index in [1.54, 1.807) is 52.2 Å². The fraction of sp³-hybridized carbons (Fsp3) is 0.690. The Kier molecular flexibility index (Phi) is 39.4. The highest BCUT2D eigenvalue weighted by Gasteiger charge is 2.53. The number of Topliss-reactive ketones (excluding diaryl/α,β-unsaturated/α-hetero) is 1. The lowest BCUT2D eigenvalue weighted by Crippen LogP contribution is -2.61. The Morgan fingerprint density at radius 2 is 1.47 bits per heavy atom. The van der Waals surface area contributed by atoms with Crippen LogP contribution < -0.4 is 22.5 Å². The number of amides is 3. The van der Waals surface area contributed by atoms with Crippen molar-refractivity contribution >= 4 is 69.2 Å². The normalized spacial score (nSPS) is 22.8. The molecule has 34 heteroatoms. The van der Waals surface area contributed by atoms with E-state index in [-0.39, 0.29) is 93.3 Å². The highest BCUT2D eigenvalue weighted by Crippen LogP contribution is 2.39. The number of rotatable bonds is 50. The predicted molar refractivity (Wildman–Crippen MR) is 440 cm³/mol. The first kappa shape index (κ1) is 95.7.